The second-order valence-electron chi connectivity index (χ2n) is 5.33. The van der Waals surface area contributed by atoms with Gasteiger partial charge in [0, 0.05) is 13.7 Å². The van der Waals surface area contributed by atoms with Gasteiger partial charge in [-0.25, -0.2) is 17.6 Å². The van der Waals surface area contributed by atoms with Gasteiger partial charge < -0.3 is 14.6 Å². The first-order valence-corrected chi connectivity index (χ1v) is 8.33. The highest BCUT2D eigenvalue weighted by Crippen LogP contribution is 2.30. The van der Waals surface area contributed by atoms with Gasteiger partial charge in [-0.2, -0.15) is 4.31 Å². The number of halogens is 1. The van der Waals surface area contributed by atoms with Gasteiger partial charge in [-0.3, -0.25) is 0 Å². The molecular formula is C14H18FNO6S. The molecule has 1 heterocycles. The van der Waals surface area contributed by atoms with Gasteiger partial charge in [0.25, 0.3) is 0 Å². The van der Waals surface area contributed by atoms with Gasteiger partial charge in [0.1, 0.15) is 11.4 Å². The van der Waals surface area contributed by atoms with Crippen LogP contribution in [0.2, 0.25) is 0 Å². The van der Waals surface area contributed by atoms with Crippen molar-refractivity contribution < 1.29 is 32.2 Å². The van der Waals surface area contributed by atoms with Crippen LogP contribution in [0.25, 0.3) is 0 Å². The van der Waals surface area contributed by atoms with Crippen molar-refractivity contribution >= 4 is 16.0 Å². The first kappa shape index (κ1) is 17.6. The molecule has 1 aromatic rings. The van der Waals surface area contributed by atoms with Crippen molar-refractivity contribution in [2.75, 3.05) is 33.4 Å². The van der Waals surface area contributed by atoms with Crippen LogP contribution < -0.4 is 4.74 Å². The smallest absolute Gasteiger partial charge is 0.341 e. The van der Waals surface area contributed by atoms with E-state index in [2.05, 4.69) is 0 Å². The molecule has 0 aliphatic carbocycles. The standard InChI is InChI=1S/C14H18FNO6S/c1-21-10-14(15)6-7-16(9-14)23(19,20)12-4-2-11(3-5-12)22-8-13(17)18/h2-5H,6-10H2,1H3,(H,17,18). The maximum Gasteiger partial charge on any atom is 0.341 e. The molecule has 0 saturated carbocycles. The Morgan fingerprint density at radius 1 is 1.39 bits per heavy atom. The molecule has 0 bridgehead atoms. The highest BCUT2D eigenvalue weighted by molar-refractivity contribution is 7.89. The van der Waals surface area contributed by atoms with Crippen LogP contribution in [0.1, 0.15) is 6.42 Å². The zero-order valence-electron chi connectivity index (χ0n) is 12.6. The van der Waals surface area contributed by atoms with E-state index in [-0.39, 0.29) is 36.8 Å². The molecule has 128 valence electrons. The summed E-state index contributed by atoms with van der Waals surface area (Å²) in [7, 11) is -2.44. The minimum Gasteiger partial charge on any atom is -0.482 e. The molecule has 0 spiro atoms. The van der Waals surface area contributed by atoms with Gasteiger partial charge in [0.15, 0.2) is 6.61 Å². The van der Waals surface area contributed by atoms with E-state index in [1.165, 1.54) is 31.4 Å². The van der Waals surface area contributed by atoms with Crippen molar-refractivity contribution in [2.24, 2.45) is 0 Å². The van der Waals surface area contributed by atoms with E-state index in [0.29, 0.717) is 0 Å². The van der Waals surface area contributed by atoms with Gasteiger partial charge in [0.05, 0.1) is 18.0 Å². The third-order valence-electron chi connectivity index (χ3n) is 3.50. The normalized spacial score (nSPS) is 22.2. The summed E-state index contributed by atoms with van der Waals surface area (Å²) in [5.41, 5.74) is -1.67. The lowest BCUT2D eigenvalue weighted by atomic mass is 10.1. The minimum atomic E-state index is -3.81. The molecular weight excluding hydrogens is 329 g/mol. The number of hydrogen-bond acceptors (Lipinski definition) is 5. The lowest BCUT2D eigenvalue weighted by molar-refractivity contribution is -0.139. The van der Waals surface area contributed by atoms with Crippen molar-refractivity contribution in [2.45, 2.75) is 17.0 Å². The Bertz CT molecular complexity index is 662. The third-order valence-corrected chi connectivity index (χ3v) is 5.36. The maximum atomic E-state index is 14.3. The summed E-state index contributed by atoms with van der Waals surface area (Å²) < 4.78 is 50.1. The zero-order chi connectivity index (χ0) is 17.1. The Labute approximate surface area is 133 Å². The molecule has 1 unspecified atom stereocenters. The summed E-state index contributed by atoms with van der Waals surface area (Å²) in [6.07, 6.45) is 0.0832. The van der Waals surface area contributed by atoms with Gasteiger partial charge in [-0.1, -0.05) is 0 Å². The third kappa shape index (κ3) is 4.18. The van der Waals surface area contributed by atoms with Crippen LogP contribution in [0, 0.1) is 0 Å². The largest absolute Gasteiger partial charge is 0.482 e. The van der Waals surface area contributed by atoms with Crippen molar-refractivity contribution in [3.8, 4) is 5.75 Å². The molecule has 0 aromatic heterocycles. The summed E-state index contributed by atoms with van der Waals surface area (Å²) in [4.78, 5) is 10.4. The predicted molar refractivity (Wildman–Crippen MR) is 78.7 cm³/mol. The quantitative estimate of drug-likeness (QED) is 0.788. The fraction of sp³-hybridized carbons (Fsp3) is 0.500. The highest BCUT2D eigenvalue weighted by atomic mass is 32.2. The van der Waals surface area contributed by atoms with Crippen molar-refractivity contribution in [1.29, 1.82) is 0 Å². The van der Waals surface area contributed by atoms with E-state index in [1.807, 2.05) is 0 Å². The van der Waals surface area contributed by atoms with Crippen LogP contribution in [0.5, 0.6) is 5.75 Å². The number of alkyl halides is 1. The number of carbonyl (C=O) groups is 1. The van der Waals surface area contributed by atoms with E-state index in [1.54, 1.807) is 0 Å². The molecule has 23 heavy (non-hydrogen) atoms. The van der Waals surface area contributed by atoms with Gasteiger partial charge in [-0.15, -0.1) is 0 Å². The number of hydrogen-bond donors (Lipinski definition) is 1. The molecule has 0 radical (unpaired) electrons. The van der Waals surface area contributed by atoms with Crippen molar-refractivity contribution in [3.05, 3.63) is 24.3 Å². The van der Waals surface area contributed by atoms with Gasteiger partial charge in [0.2, 0.25) is 10.0 Å². The summed E-state index contributed by atoms with van der Waals surface area (Å²) in [5.74, 6) is -0.886. The Kier molecular flexibility index (Phi) is 5.23. The van der Waals surface area contributed by atoms with Crippen LogP contribution >= 0.6 is 0 Å². The topological polar surface area (TPSA) is 93.1 Å². The Morgan fingerprint density at radius 3 is 2.61 bits per heavy atom. The number of aliphatic carboxylic acids is 1. The second-order valence-corrected chi connectivity index (χ2v) is 7.26. The number of methoxy groups -OCH3 is 1. The van der Waals surface area contributed by atoms with Gasteiger partial charge in [-0.05, 0) is 30.7 Å². The second kappa shape index (κ2) is 6.81. The summed E-state index contributed by atoms with van der Waals surface area (Å²) in [6, 6.07) is 5.34. The molecule has 9 heteroatoms. The summed E-state index contributed by atoms with van der Waals surface area (Å²) >= 11 is 0. The van der Waals surface area contributed by atoms with Crippen LogP contribution in [0.3, 0.4) is 0 Å². The molecule has 1 fully saturated rings. The van der Waals surface area contributed by atoms with Crippen molar-refractivity contribution in [1.82, 2.24) is 4.31 Å². The highest BCUT2D eigenvalue weighted by Gasteiger charge is 2.43. The molecule has 1 saturated heterocycles. The Morgan fingerprint density at radius 2 is 2.04 bits per heavy atom. The van der Waals surface area contributed by atoms with Crippen LogP contribution in [-0.4, -0.2) is 62.9 Å². The van der Waals surface area contributed by atoms with E-state index >= 15 is 0 Å². The first-order valence-electron chi connectivity index (χ1n) is 6.89. The first-order chi connectivity index (χ1) is 10.8. The van der Waals surface area contributed by atoms with Crippen molar-refractivity contribution in [3.63, 3.8) is 0 Å². The van der Waals surface area contributed by atoms with E-state index in [9.17, 15) is 17.6 Å². The van der Waals surface area contributed by atoms with E-state index in [0.717, 1.165) is 4.31 Å². The lowest BCUT2D eigenvalue weighted by Gasteiger charge is -2.20. The molecule has 7 nitrogen and oxygen atoms in total. The number of ether oxygens (including phenoxy) is 2. The molecule has 1 aliphatic heterocycles. The van der Waals surface area contributed by atoms with E-state index in [4.69, 9.17) is 14.6 Å². The fourth-order valence-corrected chi connectivity index (χ4v) is 3.89. The zero-order valence-corrected chi connectivity index (χ0v) is 13.4. The van der Waals surface area contributed by atoms with Gasteiger partial charge >= 0.3 is 5.97 Å². The SMILES string of the molecule is COCC1(F)CCN(S(=O)(=O)c2ccc(OCC(=O)O)cc2)C1. The molecule has 2 rings (SSSR count). The summed E-state index contributed by atoms with van der Waals surface area (Å²) in [6.45, 7) is -0.833. The average molecular weight is 347 g/mol. The number of nitrogens with zero attached hydrogens (tertiary/aromatic N) is 1. The van der Waals surface area contributed by atoms with Crippen LogP contribution in [0.4, 0.5) is 4.39 Å². The maximum absolute atomic E-state index is 14.3. The number of rotatable bonds is 7. The minimum absolute atomic E-state index is 0.00171. The predicted octanol–water partition coefficient (Wildman–Crippen LogP) is 0.899. The monoisotopic (exact) mass is 347 g/mol. The molecule has 1 aromatic carbocycles. The molecule has 1 N–H and O–H groups in total. The number of sulfonamides is 1. The fourth-order valence-electron chi connectivity index (χ4n) is 2.38. The van der Waals surface area contributed by atoms with Crippen LogP contribution in [0.15, 0.2) is 29.2 Å². The number of carboxylic acid groups (broad SMARTS) is 1. The molecule has 1 aliphatic rings. The number of carboxylic acids is 1. The summed E-state index contributed by atoms with van der Waals surface area (Å²) in [5, 5.41) is 8.52. The Hall–Kier alpha value is -1.71. The number of benzene rings is 1. The molecule has 0 amide bonds. The van der Waals surface area contributed by atoms with E-state index < -0.39 is 28.3 Å². The molecule has 1 atom stereocenters. The lowest BCUT2D eigenvalue weighted by Crippen LogP contribution is -2.36. The van der Waals surface area contributed by atoms with Crippen LogP contribution in [-0.2, 0) is 19.6 Å². The Balaban J connectivity index is 2.10. The average Bonchev–Trinajstić information content (AvgIpc) is 2.89.